The third kappa shape index (κ3) is 1.67. The molecule has 0 amide bonds. The molecule has 0 spiro atoms. The normalized spacial score (nSPS) is 10.8. The second-order valence-corrected chi connectivity index (χ2v) is 2.84. The third-order valence-corrected chi connectivity index (χ3v) is 2.12. The van der Waals surface area contributed by atoms with Gasteiger partial charge in [0.1, 0.15) is 5.82 Å². The molecule has 1 aromatic carbocycles. The molecule has 0 N–H and O–H groups in total. The highest BCUT2D eigenvalue weighted by Crippen LogP contribution is 2.34. The molecule has 0 nitrogen and oxygen atoms in total. The van der Waals surface area contributed by atoms with Crippen molar-refractivity contribution in [1.82, 2.24) is 0 Å². The van der Waals surface area contributed by atoms with E-state index in [2.05, 4.69) is 0 Å². The lowest BCUT2D eigenvalue weighted by Gasteiger charge is -2.04. The van der Waals surface area contributed by atoms with Gasteiger partial charge in [0.2, 0.25) is 0 Å². The molecule has 0 atom stereocenters. The van der Waals surface area contributed by atoms with Crippen LogP contribution in [0.4, 0.5) is 13.2 Å². The van der Waals surface area contributed by atoms with Gasteiger partial charge < -0.3 is 0 Å². The van der Waals surface area contributed by atoms with Gasteiger partial charge in [0.15, 0.2) is 0 Å². The van der Waals surface area contributed by atoms with E-state index in [1.807, 2.05) is 0 Å². The van der Waals surface area contributed by atoms with Crippen molar-refractivity contribution in [2.75, 3.05) is 0 Å². The Labute approximate surface area is 76.9 Å². The zero-order valence-electron chi connectivity index (χ0n) is 5.62. The lowest BCUT2D eigenvalue weighted by molar-refractivity contribution is 0.146. The van der Waals surface area contributed by atoms with E-state index in [0.717, 1.165) is 12.1 Å². The van der Waals surface area contributed by atoms with Crippen molar-refractivity contribution in [1.29, 1.82) is 0 Å². The molecule has 0 aromatic heterocycles. The quantitative estimate of drug-likeness (QED) is 0.619. The number of alkyl halides is 2. The predicted molar refractivity (Wildman–Crippen MR) is 41.4 cm³/mol. The zero-order chi connectivity index (χ0) is 9.30. The Kier molecular flexibility index (Phi) is 2.85. The van der Waals surface area contributed by atoms with Crippen molar-refractivity contribution in [3.63, 3.8) is 0 Å². The van der Waals surface area contributed by atoms with Crippen LogP contribution in [0.25, 0.3) is 0 Å². The maximum atomic E-state index is 12.7. The number of rotatable bonds is 1. The standard InChI is InChI=1S/C7H3Cl2F3/c8-3-1-2-4(10)5(6(3)9)7(11)12/h1-2,7H. The molecule has 5 heteroatoms. The first-order chi connectivity index (χ1) is 5.54. The average molecular weight is 215 g/mol. The molecule has 0 bridgehead atoms. The number of hydrogen-bond donors (Lipinski definition) is 0. The zero-order valence-corrected chi connectivity index (χ0v) is 7.13. The topological polar surface area (TPSA) is 0 Å². The molecule has 12 heavy (non-hydrogen) atoms. The van der Waals surface area contributed by atoms with Crippen molar-refractivity contribution in [2.24, 2.45) is 0 Å². The Balaban J connectivity index is 3.33. The molecule has 0 aliphatic rings. The molecule has 1 aromatic rings. The van der Waals surface area contributed by atoms with Crippen LogP contribution in [-0.2, 0) is 0 Å². The minimum Gasteiger partial charge on any atom is -0.206 e. The fourth-order valence-corrected chi connectivity index (χ4v) is 1.14. The van der Waals surface area contributed by atoms with Crippen molar-refractivity contribution >= 4 is 23.2 Å². The van der Waals surface area contributed by atoms with E-state index in [1.165, 1.54) is 0 Å². The Morgan fingerprint density at radius 2 is 1.75 bits per heavy atom. The summed E-state index contributed by atoms with van der Waals surface area (Å²) in [5.74, 6) is -1.04. The highest BCUT2D eigenvalue weighted by Gasteiger charge is 2.19. The van der Waals surface area contributed by atoms with Crippen LogP contribution in [0.1, 0.15) is 12.0 Å². The molecule has 0 fully saturated rings. The van der Waals surface area contributed by atoms with Gasteiger partial charge in [0.25, 0.3) is 6.43 Å². The van der Waals surface area contributed by atoms with Crippen LogP contribution in [0.3, 0.4) is 0 Å². The van der Waals surface area contributed by atoms with Crippen LogP contribution in [0, 0.1) is 5.82 Å². The van der Waals surface area contributed by atoms with Crippen LogP contribution in [0.2, 0.25) is 10.0 Å². The molecule has 0 saturated carbocycles. The van der Waals surface area contributed by atoms with Gasteiger partial charge in [-0.2, -0.15) is 0 Å². The van der Waals surface area contributed by atoms with Gasteiger partial charge in [-0.25, -0.2) is 13.2 Å². The van der Waals surface area contributed by atoms with E-state index >= 15 is 0 Å². The molecular formula is C7H3Cl2F3. The van der Waals surface area contributed by atoms with Gasteiger partial charge in [-0.15, -0.1) is 0 Å². The highest BCUT2D eigenvalue weighted by atomic mass is 35.5. The second-order valence-electron chi connectivity index (χ2n) is 2.06. The summed E-state index contributed by atoms with van der Waals surface area (Å²) in [5, 5.41) is -0.500. The highest BCUT2D eigenvalue weighted by molar-refractivity contribution is 6.42. The van der Waals surface area contributed by atoms with E-state index < -0.39 is 22.8 Å². The Bertz CT molecular complexity index is 299. The van der Waals surface area contributed by atoms with Gasteiger partial charge in [0.05, 0.1) is 15.6 Å². The number of benzene rings is 1. The van der Waals surface area contributed by atoms with E-state index in [-0.39, 0.29) is 5.02 Å². The van der Waals surface area contributed by atoms with E-state index in [1.54, 1.807) is 0 Å². The van der Waals surface area contributed by atoms with Gasteiger partial charge in [-0.05, 0) is 12.1 Å². The fourth-order valence-electron chi connectivity index (χ4n) is 0.743. The van der Waals surface area contributed by atoms with Crippen molar-refractivity contribution < 1.29 is 13.2 Å². The SMILES string of the molecule is Fc1ccc(Cl)c(Cl)c1C(F)F. The molecule has 0 radical (unpaired) electrons. The van der Waals surface area contributed by atoms with Crippen molar-refractivity contribution in [3.8, 4) is 0 Å². The molecule has 0 heterocycles. The maximum Gasteiger partial charge on any atom is 0.268 e. The van der Waals surface area contributed by atoms with Gasteiger partial charge in [-0.1, -0.05) is 23.2 Å². The summed E-state index contributed by atoms with van der Waals surface area (Å²) < 4.78 is 36.8. The molecule has 0 aliphatic heterocycles. The Morgan fingerprint density at radius 3 is 2.17 bits per heavy atom. The number of halogens is 5. The first-order valence-electron chi connectivity index (χ1n) is 2.95. The van der Waals surface area contributed by atoms with Crippen molar-refractivity contribution in [2.45, 2.75) is 6.43 Å². The minimum atomic E-state index is -2.95. The summed E-state index contributed by atoms with van der Waals surface area (Å²) in [6.45, 7) is 0. The van der Waals surface area contributed by atoms with Gasteiger partial charge in [-0.3, -0.25) is 0 Å². The second kappa shape index (κ2) is 3.54. The molecule has 0 saturated heterocycles. The van der Waals surface area contributed by atoms with Crippen LogP contribution < -0.4 is 0 Å². The summed E-state index contributed by atoms with van der Waals surface area (Å²) in [7, 11) is 0. The van der Waals surface area contributed by atoms with Gasteiger partial charge in [0, 0.05) is 0 Å². The van der Waals surface area contributed by atoms with Crippen LogP contribution in [-0.4, -0.2) is 0 Å². The molecular weight excluding hydrogens is 212 g/mol. The molecule has 66 valence electrons. The maximum absolute atomic E-state index is 12.7. The predicted octanol–water partition coefficient (Wildman–Crippen LogP) is 4.07. The first-order valence-corrected chi connectivity index (χ1v) is 3.71. The summed E-state index contributed by atoms with van der Waals surface area (Å²) in [5.41, 5.74) is -0.843. The monoisotopic (exact) mass is 214 g/mol. The number of hydrogen-bond acceptors (Lipinski definition) is 0. The van der Waals surface area contributed by atoms with E-state index in [9.17, 15) is 13.2 Å². The van der Waals surface area contributed by atoms with Crippen molar-refractivity contribution in [3.05, 3.63) is 33.6 Å². The third-order valence-electron chi connectivity index (χ3n) is 1.30. The molecule has 0 aliphatic carbocycles. The average Bonchev–Trinajstić information content (AvgIpc) is 1.97. The summed E-state index contributed by atoms with van der Waals surface area (Å²) in [6, 6.07) is 1.99. The smallest absolute Gasteiger partial charge is 0.206 e. The Hall–Kier alpha value is -0.410. The molecule has 1 rings (SSSR count). The lowest BCUT2D eigenvalue weighted by Crippen LogP contribution is -1.92. The minimum absolute atomic E-state index is 0.0756. The van der Waals surface area contributed by atoms with E-state index in [4.69, 9.17) is 23.2 Å². The summed E-state index contributed by atoms with van der Waals surface area (Å²) >= 11 is 10.7. The fraction of sp³-hybridized carbons (Fsp3) is 0.143. The van der Waals surface area contributed by atoms with Crippen LogP contribution >= 0.6 is 23.2 Å². The van der Waals surface area contributed by atoms with Gasteiger partial charge >= 0.3 is 0 Å². The molecule has 0 unspecified atom stereocenters. The van der Waals surface area contributed by atoms with Crippen LogP contribution in [0.15, 0.2) is 12.1 Å². The Morgan fingerprint density at radius 1 is 1.17 bits per heavy atom. The first kappa shape index (κ1) is 9.68. The summed E-state index contributed by atoms with van der Waals surface area (Å²) in [6.07, 6.45) is -2.95. The lowest BCUT2D eigenvalue weighted by atomic mass is 10.2. The van der Waals surface area contributed by atoms with Crippen LogP contribution in [0.5, 0.6) is 0 Å². The van der Waals surface area contributed by atoms with E-state index in [0.29, 0.717) is 0 Å². The summed E-state index contributed by atoms with van der Waals surface area (Å²) in [4.78, 5) is 0. The largest absolute Gasteiger partial charge is 0.268 e.